The lowest BCUT2D eigenvalue weighted by atomic mass is 10.2. The standard InChI is InChI=1S/C8H3ClINO2S/c9-5-3-14-7-2-4(11(12)13)1-6(10)8(5)7/h1-3H. The Labute approximate surface area is 102 Å². The molecule has 0 N–H and O–H groups in total. The third-order valence-corrected chi connectivity index (χ3v) is 3.99. The molecule has 0 saturated heterocycles. The number of benzene rings is 1. The van der Waals surface area contributed by atoms with Gasteiger partial charge < -0.3 is 0 Å². The van der Waals surface area contributed by atoms with Gasteiger partial charge in [-0.25, -0.2) is 0 Å². The SMILES string of the molecule is O=[N+]([O-])c1cc(I)c2c(Cl)csc2c1. The van der Waals surface area contributed by atoms with Gasteiger partial charge in [0.25, 0.3) is 5.69 Å². The molecule has 0 aliphatic rings. The number of rotatable bonds is 1. The second-order valence-electron chi connectivity index (χ2n) is 2.64. The number of nitro benzene ring substituents is 1. The normalized spacial score (nSPS) is 10.7. The van der Waals surface area contributed by atoms with Gasteiger partial charge in [0, 0.05) is 31.2 Å². The Morgan fingerprint density at radius 2 is 2.21 bits per heavy atom. The largest absolute Gasteiger partial charge is 0.271 e. The lowest BCUT2D eigenvalue weighted by Crippen LogP contribution is -1.88. The fourth-order valence-corrected chi connectivity index (χ4v) is 3.68. The summed E-state index contributed by atoms with van der Waals surface area (Å²) in [4.78, 5) is 10.2. The predicted molar refractivity (Wildman–Crippen MR) is 66.2 cm³/mol. The monoisotopic (exact) mass is 339 g/mol. The van der Waals surface area contributed by atoms with E-state index in [-0.39, 0.29) is 5.69 Å². The lowest BCUT2D eigenvalue weighted by Gasteiger charge is -1.96. The topological polar surface area (TPSA) is 43.1 Å². The number of hydrogen-bond donors (Lipinski definition) is 0. The van der Waals surface area contributed by atoms with Crippen molar-refractivity contribution in [1.82, 2.24) is 0 Å². The number of fused-ring (bicyclic) bond motifs is 1. The van der Waals surface area contributed by atoms with Gasteiger partial charge in [-0.2, -0.15) is 0 Å². The zero-order chi connectivity index (χ0) is 10.3. The molecule has 14 heavy (non-hydrogen) atoms. The van der Waals surface area contributed by atoms with Crippen molar-refractivity contribution in [1.29, 1.82) is 0 Å². The minimum absolute atomic E-state index is 0.111. The van der Waals surface area contributed by atoms with E-state index in [2.05, 4.69) is 22.6 Å². The van der Waals surface area contributed by atoms with Crippen molar-refractivity contribution in [3.05, 3.63) is 36.2 Å². The van der Waals surface area contributed by atoms with E-state index < -0.39 is 4.92 Å². The molecule has 0 unspecified atom stereocenters. The van der Waals surface area contributed by atoms with Gasteiger partial charge in [0.2, 0.25) is 0 Å². The van der Waals surface area contributed by atoms with Crippen molar-refractivity contribution >= 4 is 61.3 Å². The quantitative estimate of drug-likeness (QED) is 0.446. The van der Waals surface area contributed by atoms with Crippen LogP contribution in [0.5, 0.6) is 0 Å². The van der Waals surface area contributed by atoms with E-state index in [1.54, 1.807) is 11.4 Å². The summed E-state index contributed by atoms with van der Waals surface area (Å²) in [5.41, 5.74) is 0.111. The maximum absolute atomic E-state index is 10.6. The van der Waals surface area contributed by atoms with E-state index in [0.29, 0.717) is 5.02 Å². The van der Waals surface area contributed by atoms with Crippen molar-refractivity contribution in [2.75, 3.05) is 0 Å². The van der Waals surface area contributed by atoms with Crippen molar-refractivity contribution in [2.45, 2.75) is 0 Å². The van der Waals surface area contributed by atoms with Gasteiger partial charge in [-0.3, -0.25) is 10.1 Å². The summed E-state index contributed by atoms with van der Waals surface area (Å²) in [5.74, 6) is 0. The third kappa shape index (κ3) is 1.59. The maximum Gasteiger partial charge on any atom is 0.271 e. The molecule has 0 atom stereocenters. The fraction of sp³-hybridized carbons (Fsp3) is 0. The first-order chi connectivity index (χ1) is 6.59. The first-order valence-electron chi connectivity index (χ1n) is 3.60. The highest BCUT2D eigenvalue weighted by atomic mass is 127. The van der Waals surface area contributed by atoms with Gasteiger partial charge in [-0.15, -0.1) is 11.3 Å². The van der Waals surface area contributed by atoms with Crippen molar-refractivity contribution in [2.24, 2.45) is 0 Å². The molecule has 0 fully saturated rings. The van der Waals surface area contributed by atoms with E-state index in [1.165, 1.54) is 17.4 Å². The number of hydrogen-bond acceptors (Lipinski definition) is 3. The van der Waals surface area contributed by atoms with Crippen LogP contribution in [0.1, 0.15) is 0 Å². The van der Waals surface area contributed by atoms with Crippen LogP contribution in [-0.2, 0) is 0 Å². The van der Waals surface area contributed by atoms with Crippen molar-refractivity contribution in [3.8, 4) is 0 Å². The number of nitrogens with zero attached hydrogens (tertiary/aromatic N) is 1. The van der Waals surface area contributed by atoms with Gasteiger partial charge >= 0.3 is 0 Å². The molecule has 0 saturated carbocycles. The van der Waals surface area contributed by atoms with Gasteiger partial charge in [-0.05, 0) is 22.6 Å². The zero-order valence-corrected chi connectivity index (χ0v) is 10.4. The summed E-state index contributed by atoms with van der Waals surface area (Å²) in [6.07, 6.45) is 0. The average Bonchev–Trinajstić information content (AvgIpc) is 2.48. The van der Waals surface area contributed by atoms with Crippen LogP contribution in [0.3, 0.4) is 0 Å². The molecule has 0 bridgehead atoms. The second kappa shape index (κ2) is 3.63. The number of nitro groups is 1. The van der Waals surface area contributed by atoms with E-state index in [0.717, 1.165) is 13.7 Å². The minimum atomic E-state index is -0.394. The third-order valence-electron chi connectivity index (χ3n) is 1.78. The van der Waals surface area contributed by atoms with Crippen LogP contribution >= 0.6 is 45.5 Å². The van der Waals surface area contributed by atoms with Crippen LogP contribution in [0.25, 0.3) is 10.1 Å². The average molecular weight is 340 g/mol. The van der Waals surface area contributed by atoms with E-state index in [4.69, 9.17) is 11.6 Å². The number of halogens is 2. The smallest absolute Gasteiger partial charge is 0.258 e. The van der Waals surface area contributed by atoms with Crippen molar-refractivity contribution < 1.29 is 4.92 Å². The van der Waals surface area contributed by atoms with Gasteiger partial charge in [0.05, 0.1) is 9.95 Å². The van der Waals surface area contributed by atoms with E-state index >= 15 is 0 Å². The summed E-state index contributed by atoms with van der Waals surface area (Å²) in [5, 5.41) is 13.9. The molecule has 1 aromatic carbocycles. The number of thiophene rings is 1. The highest BCUT2D eigenvalue weighted by Crippen LogP contribution is 2.36. The Morgan fingerprint density at radius 3 is 2.86 bits per heavy atom. The van der Waals surface area contributed by atoms with Gasteiger partial charge in [0.15, 0.2) is 0 Å². The number of non-ortho nitro benzene ring substituents is 1. The molecule has 1 heterocycles. The predicted octanol–water partition coefficient (Wildman–Crippen LogP) is 4.07. The first kappa shape index (κ1) is 10.1. The van der Waals surface area contributed by atoms with Crippen LogP contribution in [0.4, 0.5) is 5.69 Å². The van der Waals surface area contributed by atoms with Gasteiger partial charge in [-0.1, -0.05) is 11.6 Å². The Bertz CT molecular complexity index is 525. The second-order valence-corrected chi connectivity index (χ2v) is 5.12. The summed E-state index contributed by atoms with van der Waals surface area (Å²) >= 11 is 9.42. The zero-order valence-electron chi connectivity index (χ0n) is 6.66. The molecule has 0 amide bonds. The van der Waals surface area contributed by atoms with Crippen LogP contribution in [-0.4, -0.2) is 4.92 Å². The maximum atomic E-state index is 10.6. The lowest BCUT2D eigenvalue weighted by molar-refractivity contribution is -0.384. The molecular weight excluding hydrogens is 337 g/mol. The molecule has 0 aliphatic carbocycles. The Kier molecular flexibility index (Phi) is 2.63. The first-order valence-corrected chi connectivity index (χ1v) is 5.94. The molecular formula is C8H3ClINO2S. The molecule has 6 heteroatoms. The van der Waals surface area contributed by atoms with E-state index in [1.807, 2.05) is 0 Å². The molecule has 1 aromatic heterocycles. The molecule has 2 aromatic rings. The molecule has 2 rings (SSSR count). The highest BCUT2D eigenvalue weighted by molar-refractivity contribution is 14.1. The Balaban J connectivity index is 2.80. The molecule has 0 aliphatic heterocycles. The summed E-state index contributed by atoms with van der Waals surface area (Å²) in [6.45, 7) is 0. The molecule has 0 spiro atoms. The fourth-order valence-electron chi connectivity index (χ4n) is 1.17. The summed E-state index contributed by atoms with van der Waals surface area (Å²) < 4.78 is 1.67. The summed E-state index contributed by atoms with van der Waals surface area (Å²) in [6, 6.07) is 3.08. The van der Waals surface area contributed by atoms with Crippen LogP contribution < -0.4 is 0 Å². The Hall–Kier alpha value is -0.400. The van der Waals surface area contributed by atoms with Crippen LogP contribution in [0.2, 0.25) is 5.02 Å². The van der Waals surface area contributed by atoms with Crippen LogP contribution in [0, 0.1) is 13.7 Å². The van der Waals surface area contributed by atoms with E-state index in [9.17, 15) is 10.1 Å². The van der Waals surface area contributed by atoms with Crippen LogP contribution in [0.15, 0.2) is 17.5 Å². The summed E-state index contributed by atoms with van der Waals surface area (Å²) in [7, 11) is 0. The molecule has 3 nitrogen and oxygen atoms in total. The molecule has 72 valence electrons. The molecule has 0 radical (unpaired) electrons. The minimum Gasteiger partial charge on any atom is -0.258 e. The Morgan fingerprint density at radius 1 is 1.50 bits per heavy atom. The van der Waals surface area contributed by atoms with Gasteiger partial charge in [0.1, 0.15) is 0 Å². The van der Waals surface area contributed by atoms with Crippen molar-refractivity contribution in [3.63, 3.8) is 0 Å². The highest BCUT2D eigenvalue weighted by Gasteiger charge is 2.13.